The summed E-state index contributed by atoms with van der Waals surface area (Å²) in [4.78, 5) is 22.6. The zero-order chi connectivity index (χ0) is 18.3. The minimum Gasteiger partial charge on any atom is -0.269 e. The summed E-state index contributed by atoms with van der Waals surface area (Å²) in [5.74, 6) is 0.161. The second-order valence-corrected chi connectivity index (χ2v) is 8.05. The van der Waals surface area contributed by atoms with Crippen LogP contribution in [0.2, 0.25) is 0 Å². The van der Waals surface area contributed by atoms with E-state index in [0.29, 0.717) is 10.7 Å². The topological polar surface area (TPSA) is 47.3 Å². The Labute approximate surface area is 155 Å². The van der Waals surface area contributed by atoms with Crippen LogP contribution < -0.4 is 5.56 Å². The summed E-state index contributed by atoms with van der Waals surface area (Å²) >= 11 is 2.45. The van der Waals surface area contributed by atoms with Gasteiger partial charge < -0.3 is 0 Å². The van der Waals surface area contributed by atoms with E-state index in [2.05, 4.69) is 9.97 Å². The molecule has 0 atom stereocenters. The summed E-state index contributed by atoms with van der Waals surface area (Å²) in [6, 6.07) is 3.69. The highest BCUT2D eigenvalue weighted by molar-refractivity contribution is 7.98. The zero-order valence-corrected chi connectivity index (χ0v) is 15.2. The van der Waals surface area contributed by atoms with Crippen LogP contribution in [0.1, 0.15) is 34.7 Å². The molecule has 0 amide bonds. The van der Waals surface area contributed by atoms with Crippen molar-refractivity contribution in [2.24, 2.45) is 0 Å². The third-order valence-corrected chi connectivity index (χ3v) is 6.43. The quantitative estimate of drug-likeness (QED) is 0.617. The standard InChI is InChI=1S/C17H14F3N3OS2/c18-17(19,20)11-4-3-7-21-15(11)25-9-10-8-14(24)23-12-5-1-2-6-13(12)26-16(23)22-10/h3-4,7-8H,1-2,5-6,9H2. The van der Waals surface area contributed by atoms with Gasteiger partial charge in [0, 0.05) is 28.6 Å². The molecule has 0 bridgehead atoms. The van der Waals surface area contributed by atoms with Crippen LogP contribution in [-0.2, 0) is 24.8 Å². The summed E-state index contributed by atoms with van der Waals surface area (Å²) < 4.78 is 40.8. The molecule has 3 heterocycles. The van der Waals surface area contributed by atoms with Gasteiger partial charge in [-0.15, -0.1) is 11.3 Å². The highest BCUT2D eigenvalue weighted by Crippen LogP contribution is 2.36. The molecule has 0 fully saturated rings. The van der Waals surface area contributed by atoms with Gasteiger partial charge in [-0.25, -0.2) is 9.97 Å². The number of aromatic nitrogens is 3. The maximum atomic E-state index is 13.1. The van der Waals surface area contributed by atoms with Gasteiger partial charge in [0.05, 0.1) is 11.3 Å². The Kier molecular flexibility index (Phi) is 4.52. The lowest BCUT2D eigenvalue weighted by Gasteiger charge is -2.11. The van der Waals surface area contributed by atoms with Gasteiger partial charge in [0.2, 0.25) is 0 Å². The predicted molar refractivity (Wildman–Crippen MR) is 94.8 cm³/mol. The molecule has 0 saturated carbocycles. The van der Waals surface area contributed by atoms with E-state index in [1.54, 1.807) is 4.40 Å². The molecule has 3 aromatic heterocycles. The van der Waals surface area contributed by atoms with Crippen molar-refractivity contribution >= 4 is 28.1 Å². The molecular formula is C17H14F3N3OS2. The van der Waals surface area contributed by atoms with E-state index in [9.17, 15) is 18.0 Å². The van der Waals surface area contributed by atoms with Crippen molar-refractivity contribution in [1.82, 2.24) is 14.4 Å². The van der Waals surface area contributed by atoms with E-state index >= 15 is 0 Å². The zero-order valence-electron chi connectivity index (χ0n) is 13.5. The maximum Gasteiger partial charge on any atom is 0.419 e. The SMILES string of the molecule is O=c1cc(CSc2ncccc2C(F)(F)F)nc2sc3c(n12)CCCC3. The fourth-order valence-electron chi connectivity index (χ4n) is 3.08. The summed E-state index contributed by atoms with van der Waals surface area (Å²) in [5.41, 5.74) is 0.575. The van der Waals surface area contributed by atoms with Crippen LogP contribution in [0.25, 0.3) is 4.96 Å². The number of alkyl halides is 3. The molecule has 0 aromatic carbocycles. The first-order valence-corrected chi connectivity index (χ1v) is 9.92. The predicted octanol–water partition coefficient (Wildman–Crippen LogP) is 4.34. The average Bonchev–Trinajstić information content (AvgIpc) is 2.98. The van der Waals surface area contributed by atoms with Gasteiger partial charge in [-0.05, 0) is 37.8 Å². The lowest BCUT2D eigenvalue weighted by Crippen LogP contribution is -2.17. The van der Waals surface area contributed by atoms with E-state index in [1.165, 1.54) is 34.5 Å². The normalized spacial score (nSPS) is 14.6. The smallest absolute Gasteiger partial charge is 0.269 e. The van der Waals surface area contributed by atoms with Crippen molar-refractivity contribution in [1.29, 1.82) is 0 Å². The number of halogens is 3. The number of hydrogen-bond acceptors (Lipinski definition) is 5. The van der Waals surface area contributed by atoms with Crippen LogP contribution in [-0.4, -0.2) is 14.4 Å². The van der Waals surface area contributed by atoms with Crippen molar-refractivity contribution < 1.29 is 13.2 Å². The summed E-state index contributed by atoms with van der Waals surface area (Å²) in [7, 11) is 0. The lowest BCUT2D eigenvalue weighted by atomic mass is 10.0. The molecular weight excluding hydrogens is 383 g/mol. The van der Waals surface area contributed by atoms with Crippen molar-refractivity contribution in [2.75, 3.05) is 0 Å². The van der Waals surface area contributed by atoms with Crippen LogP contribution in [0.3, 0.4) is 0 Å². The number of fused-ring (bicyclic) bond motifs is 3. The molecule has 0 saturated heterocycles. The van der Waals surface area contributed by atoms with Gasteiger partial charge >= 0.3 is 6.18 Å². The van der Waals surface area contributed by atoms with Gasteiger partial charge in [0.15, 0.2) is 4.96 Å². The lowest BCUT2D eigenvalue weighted by molar-refractivity contribution is -0.140. The van der Waals surface area contributed by atoms with Gasteiger partial charge in [0.25, 0.3) is 5.56 Å². The Balaban J connectivity index is 1.64. The van der Waals surface area contributed by atoms with Crippen molar-refractivity contribution in [3.63, 3.8) is 0 Å². The largest absolute Gasteiger partial charge is 0.419 e. The number of pyridine rings is 1. The molecule has 0 spiro atoms. The molecule has 0 radical (unpaired) electrons. The fraction of sp³-hybridized carbons (Fsp3) is 0.353. The highest BCUT2D eigenvalue weighted by Gasteiger charge is 2.34. The second kappa shape index (κ2) is 6.70. The van der Waals surface area contributed by atoms with E-state index in [-0.39, 0.29) is 16.3 Å². The number of nitrogens with zero attached hydrogens (tertiary/aromatic N) is 3. The number of rotatable bonds is 3. The third-order valence-electron chi connectivity index (χ3n) is 4.25. The Hall–Kier alpha value is -1.87. The number of hydrogen-bond donors (Lipinski definition) is 0. The van der Waals surface area contributed by atoms with E-state index < -0.39 is 11.7 Å². The summed E-state index contributed by atoms with van der Waals surface area (Å²) in [6.07, 6.45) is 0.861. The molecule has 1 aliphatic carbocycles. The average molecular weight is 397 g/mol. The Morgan fingerprint density at radius 1 is 1.27 bits per heavy atom. The first kappa shape index (κ1) is 17.5. The molecule has 1 aliphatic rings. The fourth-order valence-corrected chi connectivity index (χ4v) is 5.22. The highest BCUT2D eigenvalue weighted by atomic mass is 32.2. The molecule has 0 unspecified atom stereocenters. The first-order chi connectivity index (χ1) is 12.4. The minimum atomic E-state index is -4.46. The van der Waals surface area contributed by atoms with Crippen LogP contribution in [0, 0.1) is 0 Å². The van der Waals surface area contributed by atoms with Crippen molar-refractivity contribution in [3.8, 4) is 0 Å². The number of thiazole rings is 1. The van der Waals surface area contributed by atoms with Gasteiger partial charge in [-0.2, -0.15) is 13.2 Å². The minimum absolute atomic E-state index is 0.104. The summed E-state index contributed by atoms with van der Waals surface area (Å²) in [6.45, 7) is 0. The van der Waals surface area contributed by atoms with E-state index in [4.69, 9.17) is 0 Å². The maximum absolute atomic E-state index is 13.1. The first-order valence-electron chi connectivity index (χ1n) is 8.12. The van der Waals surface area contributed by atoms with Crippen molar-refractivity contribution in [2.45, 2.75) is 42.6 Å². The Morgan fingerprint density at radius 3 is 2.88 bits per heavy atom. The summed E-state index contributed by atoms with van der Waals surface area (Å²) in [5, 5.41) is -0.104. The number of thioether (sulfide) groups is 1. The molecule has 0 N–H and O–H groups in total. The molecule has 4 rings (SSSR count). The van der Waals surface area contributed by atoms with Crippen molar-refractivity contribution in [3.05, 3.63) is 56.6 Å². The van der Waals surface area contributed by atoms with E-state index in [1.807, 2.05) is 0 Å². The number of aryl methyl sites for hydroxylation is 2. The molecule has 4 nitrogen and oxygen atoms in total. The second-order valence-electron chi connectivity index (χ2n) is 6.03. The Bertz CT molecular complexity index is 1030. The molecule has 136 valence electrons. The van der Waals surface area contributed by atoms with Crippen LogP contribution in [0.5, 0.6) is 0 Å². The van der Waals surface area contributed by atoms with Crippen LogP contribution >= 0.6 is 23.1 Å². The van der Waals surface area contributed by atoms with E-state index in [0.717, 1.165) is 49.2 Å². The third kappa shape index (κ3) is 3.25. The van der Waals surface area contributed by atoms with Gasteiger partial charge in [-0.3, -0.25) is 9.20 Å². The van der Waals surface area contributed by atoms with Crippen LogP contribution in [0.15, 0.2) is 34.2 Å². The van der Waals surface area contributed by atoms with Gasteiger partial charge in [-0.1, -0.05) is 11.8 Å². The van der Waals surface area contributed by atoms with Crippen LogP contribution in [0.4, 0.5) is 13.2 Å². The molecule has 9 heteroatoms. The molecule has 3 aromatic rings. The monoisotopic (exact) mass is 397 g/mol. The molecule has 26 heavy (non-hydrogen) atoms. The Morgan fingerprint density at radius 2 is 2.08 bits per heavy atom. The molecule has 0 aliphatic heterocycles. The van der Waals surface area contributed by atoms with Gasteiger partial charge in [0.1, 0.15) is 5.03 Å².